The molecule has 0 saturated heterocycles. The number of nitrogens with two attached hydrogens (primary N) is 2. The Kier molecular flexibility index (Phi) is 3.79. The Hall–Kier alpha value is -1.24. The Bertz CT molecular complexity index is 535. The highest BCUT2D eigenvalue weighted by Crippen LogP contribution is 2.25. The maximum Gasteiger partial charge on any atom is 0.137 e. The summed E-state index contributed by atoms with van der Waals surface area (Å²) >= 11 is 2.21. The Morgan fingerprint density at radius 2 is 1.94 bits per heavy atom. The first-order chi connectivity index (χ1) is 8.49. The number of anilines is 2. The van der Waals surface area contributed by atoms with Crippen molar-refractivity contribution in [2.45, 2.75) is 26.7 Å². The topological polar surface area (TPSA) is 78.1 Å². The van der Waals surface area contributed by atoms with E-state index in [0.717, 1.165) is 27.9 Å². The maximum atomic E-state index is 5.87. The van der Waals surface area contributed by atoms with Gasteiger partial charge >= 0.3 is 0 Å². The van der Waals surface area contributed by atoms with Crippen molar-refractivity contribution in [3.05, 3.63) is 38.3 Å². The summed E-state index contributed by atoms with van der Waals surface area (Å²) in [5.74, 6) is 0.894. The highest BCUT2D eigenvalue weighted by atomic mass is 127. The molecule has 0 spiro atoms. The SMILES string of the molecule is Cc1noc(C)c1CCc1cc(N)c(N)c(I)c1. The van der Waals surface area contributed by atoms with Crippen molar-refractivity contribution in [3.8, 4) is 0 Å². The van der Waals surface area contributed by atoms with Crippen LogP contribution in [0.25, 0.3) is 0 Å². The van der Waals surface area contributed by atoms with Crippen molar-refractivity contribution in [2.75, 3.05) is 11.5 Å². The van der Waals surface area contributed by atoms with Crippen LogP contribution in [0.5, 0.6) is 0 Å². The van der Waals surface area contributed by atoms with Crippen LogP contribution in [0.3, 0.4) is 0 Å². The second-order valence-corrected chi connectivity index (χ2v) is 5.55. The van der Waals surface area contributed by atoms with Gasteiger partial charge in [-0.05, 0) is 67.0 Å². The van der Waals surface area contributed by atoms with Gasteiger partial charge < -0.3 is 16.0 Å². The molecule has 1 aromatic heterocycles. The molecule has 2 aromatic rings. The molecular weight excluding hydrogens is 341 g/mol. The molecule has 0 radical (unpaired) electrons. The zero-order chi connectivity index (χ0) is 13.3. The van der Waals surface area contributed by atoms with Gasteiger partial charge in [0, 0.05) is 9.13 Å². The summed E-state index contributed by atoms with van der Waals surface area (Å²) in [6, 6.07) is 4.01. The van der Waals surface area contributed by atoms with Gasteiger partial charge in [-0.3, -0.25) is 0 Å². The summed E-state index contributed by atoms with van der Waals surface area (Å²) < 4.78 is 6.16. The van der Waals surface area contributed by atoms with Crippen molar-refractivity contribution in [3.63, 3.8) is 0 Å². The van der Waals surface area contributed by atoms with Crippen molar-refractivity contribution in [1.29, 1.82) is 0 Å². The first-order valence-corrected chi connectivity index (χ1v) is 6.82. The minimum absolute atomic E-state index is 0.649. The quantitative estimate of drug-likeness (QED) is 0.654. The second kappa shape index (κ2) is 5.17. The molecule has 0 aliphatic rings. The Balaban J connectivity index is 2.16. The molecule has 0 fully saturated rings. The largest absolute Gasteiger partial charge is 0.397 e. The van der Waals surface area contributed by atoms with Crippen LogP contribution < -0.4 is 11.5 Å². The van der Waals surface area contributed by atoms with E-state index in [1.807, 2.05) is 19.9 Å². The predicted molar refractivity (Wildman–Crippen MR) is 81.4 cm³/mol. The zero-order valence-electron chi connectivity index (χ0n) is 10.5. The minimum atomic E-state index is 0.649. The molecule has 0 atom stereocenters. The van der Waals surface area contributed by atoms with Gasteiger partial charge in [0.25, 0.3) is 0 Å². The third-order valence-corrected chi connectivity index (χ3v) is 3.96. The van der Waals surface area contributed by atoms with E-state index in [9.17, 15) is 0 Å². The van der Waals surface area contributed by atoms with Crippen molar-refractivity contribution in [2.24, 2.45) is 0 Å². The number of nitrogens with zero attached hydrogens (tertiary/aromatic N) is 1. The number of aromatic nitrogens is 1. The first kappa shape index (κ1) is 13.2. The molecule has 0 aliphatic carbocycles. The van der Waals surface area contributed by atoms with Crippen LogP contribution in [-0.4, -0.2) is 5.16 Å². The summed E-state index contributed by atoms with van der Waals surface area (Å²) in [5.41, 5.74) is 16.3. The van der Waals surface area contributed by atoms with Crippen LogP contribution >= 0.6 is 22.6 Å². The van der Waals surface area contributed by atoms with Gasteiger partial charge in [0.1, 0.15) is 5.76 Å². The van der Waals surface area contributed by atoms with Crippen molar-refractivity contribution < 1.29 is 4.52 Å². The zero-order valence-corrected chi connectivity index (χ0v) is 12.6. The molecule has 0 amide bonds. The third kappa shape index (κ3) is 2.60. The number of hydrogen-bond donors (Lipinski definition) is 2. The molecule has 0 bridgehead atoms. The molecule has 0 aliphatic heterocycles. The second-order valence-electron chi connectivity index (χ2n) is 4.38. The molecule has 1 heterocycles. The smallest absolute Gasteiger partial charge is 0.137 e. The van der Waals surface area contributed by atoms with E-state index < -0.39 is 0 Å². The molecule has 4 N–H and O–H groups in total. The van der Waals surface area contributed by atoms with E-state index in [2.05, 4.69) is 33.8 Å². The number of benzene rings is 1. The number of aryl methyl sites for hydroxylation is 3. The molecular formula is C13H16IN3O. The molecule has 5 heteroatoms. The van der Waals surface area contributed by atoms with Gasteiger partial charge in [-0.15, -0.1) is 0 Å². The van der Waals surface area contributed by atoms with Crippen LogP contribution in [0.4, 0.5) is 11.4 Å². The van der Waals surface area contributed by atoms with E-state index in [0.29, 0.717) is 11.4 Å². The Labute approximate surface area is 120 Å². The summed E-state index contributed by atoms with van der Waals surface area (Å²) in [7, 11) is 0. The van der Waals surface area contributed by atoms with E-state index in [-0.39, 0.29) is 0 Å². The van der Waals surface area contributed by atoms with Gasteiger partial charge in [0.2, 0.25) is 0 Å². The van der Waals surface area contributed by atoms with E-state index >= 15 is 0 Å². The molecule has 96 valence electrons. The molecule has 1 aromatic carbocycles. The number of halogens is 1. The lowest BCUT2D eigenvalue weighted by Gasteiger charge is -2.07. The average Bonchev–Trinajstić information content (AvgIpc) is 2.63. The van der Waals surface area contributed by atoms with E-state index in [1.165, 1.54) is 11.1 Å². The fraction of sp³-hybridized carbons (Fsp3) is 0.308. The Morgan fingerprint density at radius 3 is 2.50 bits per heavy atom. The molecule has 4 nitrogen and oxygen atoms in total. The van der Waals surface area contributed by atoms with Crippen LogP contribution in [0, 0.1) is 17.4 Å². The lowest BCUT2D eigenvalue weighted by molar-refractivity contribution is 0.392. The minimum Gasteiger partial charge on any atom is -0.397 e. The standard InChI is InChI=1S/C13H16IN3O/c1-7-10(8(2)18-17-7)4-3-9-5-11(14)13(16)12(15)6-9/h5-6H,3-4,15-16H2,1-2H3. The van der Waals surface area contributed by atoms with Crippen LogP contribution in [0.1, 0.15) is 22.6 Å². The average molecular weight is 357 g/mol. The fourth-order valence-corrected chi connectivity index (χ4v) is 2.68. The predicted octanol–water partition coefficient (Wildman–Crippen LogP) is 2.85. The summed E-state index contributed by atoms with van der Waals surface area (Å²) in [6.07, 6.45) is 1.81. The van der Waals surface area contributed by atoms with Gasteiger partial charge in [-0.1, -0.05) is 5.16 Å². The lowest BCUT2D eigenvalue weighted by Crippen LogP contribution is -2.01. The van der Waals surface area contributed by atoms with Gasteiger partial charge in [-0.25, -0.2) is 0 Å². The first-order valence-electron chi connectivity index (χ1n) is 5.74. The van der Waals surface area contributed by atoms with Crippen molar-refractivity contribution >= 4 is 34.0 Å². The monoisotopic (exact) mass is 357 g/mol. The van der Waals surface area contributed by atoms with E-state index in [1.54, 1.807) is 0 Å². The molecule has 0 saturated carbocycles. The van der Waals surface area contributed by atoms with Crippen LogP contribution in [-0.2, 0) is 12.8 Å². The molecule has 2 rings (SSSR count). The van der Waals surface area contributed by atoms with Gasteiger partial charge in [-0.2, -0.15) is 0 Å². The van der Waals surface area contributed by atoms with Crippen molar-refractivity contribution in [1.82, 2.24) is 5.16 Å². The highest BCUT2D eigenvalue weighted by molar-refractivity contribution is 14.1. The molecule has 0 unspecified atom stereocenters. The lowest BCUT2D eigenvalue weighted by atomic mass is 10.0. The van der Waals surface area contributed by atoms with Crippen LogP contribution in [0.15, 0.2) is 16.7 Å². The summed E-state index contributed by atoms with van der Waals surface area (Å²) in [5, 5.41) is 3.96. The Morgan fingerprint density at radius 1 is 1.22 bits per heavy atom. The summed E-state index contributed by atoms with van der Waals surface area (Å²) in [6.45, 7) is 3.91. The normalized spacial score (nSPS) is 10.8. The molecule has 18 heavy (non-hydrogen) atoms. The number of hydrogen-bond acceptors (Lipinski definition) is 4. The maximum absolute atomic E-state index is 5.87. The highest BCUT2D eigenvalue weighted by Gasteiger charge is 2.10. The van der Waals surface area contributed by atoms with Gasteiger partial charge in [0.05, 0.1) is 17.1 Å². The number of nitrogen functional groups attached to an aromatic ring is 2. The summed E-state index contributed by atoms with van der Waals surface area (Å²) in [4.78, 5) is 0. The van der Waals surface area contributed by atoms with Crippen LogP contribution in [0.2, 0.25) is 0 Å². The van der Waals surface area contributed by atoms with Gasteiger partial charge in [0.15, 0.2) is 0 Å². The fourth-order valence-electron chi connectivity index (χ4n) is 1.97. The van der Waals surface area contributed by atoms with E-state index in [4.69, 9.17) is 16.0 Å². The number of rotatable bonds is 3. The third-order valence-electron chi connectivity index (χ3n) is 3.07.